The molecule has 8 nitrogen and oxygen atoms in total. The summed E-state index contributed by atoms with van der Waals surface area (Å²) in [6.07, 6.45) is 3.33. The fraction of sp³-hybridized carbons (Fsp3) is 0.182. The fourth-order valence-electron chi connectivity index (χ4n) is 1.89. The number of nitrogens with zero attached hydrogens (tertiary/aromatic N) is 4. The van der Waals surface area contributed by atoms with E-state index in [-0.39, 0.29) is 0 Å². The van der Waals surface area contributed by atoms with Crippen molar-refractivity contribution in [1.82, 2.24) is 20.2 Å². The predicted molar refractivity (Wildman–Crippen MR) is 70.3 cm³/mol. The fourth-order valence-corrected chi connectivity index (χ4v) is 1.89. The number of furan rings is 1. The summed E-state index contributed by atoms with van der Waals surface area (Å²) in [5, 5.41) is 7.60. The Morgan fingerprint density at radius 1 is 1.47 bits per heavy atom. The molecule has 0 saturated carbocycles. The number of aromatic amines is 1. The van der Waals surface area contributed by atoms with Gasteiger partial charge in [-0.15, -0.1) is 0 Å². The average Bonchev–Trinajstić information content (AvgIpc) is 3.07. The lowest BCUT2D eigenvalue weighted by Crippen LogP contribution is -2.19. The molecule has 0 atom stereocenters. The summed E-state index contributed by atoms with van der Waals surface area (Å²) in [5.41, 5.74) is 3.07. The molecule has 4 N–H and O–H groups in total. The average molecular weight is 259 g/mol. The van der Waals surface area contributed by atoms with E-state index in [9.17, 15) is 0 Å². The molecule has 3 aromatic heterocycles. The van der Waals surface area contributed by atoms with E-state index in [2.05, 4.69) is 25.6 Å². The molecular formula is C11H13N7O. The van der Waals surface area contributed by atoms with E-state index in [4.69, 9.17) is 10.3 Å². The number of fused-ring (bicyclic) bond motifs is 1. The van der Waals surface area contributed by atoms with Crippen molar-refractivity contribution in [3.8, 4) is 0 Å². The van der Waals surface area contributed by atoms with Gasteiger partial charge in [-0.05, 0) is 12.1 Å². The van der Waals surface area contributed by atoms with Crippen LogP contribution in [0.3, 0.4) is 0 Å². The SMILES string of the molecule is CN(Cc1ccco1)c1nc(NN)nc2[nH]ncc12. The maximum Gasteiger partial charge on any atom is 0.241 e. The van der Waals surface area contributed by atoms with Crippen molar-refractivity contribution in [2.75, 3.05) is 17.4 Å². The van der Waals surface area contributed by atoms with Gasteiger partial charge in [0.15, 0.2) is 5.65 Å². The Morgan fingerprint density at radius 2 is 2.37 bits per heavy atom. The van der Waals surface area contributed by atoms with Crippen LogP contribution in [0.25, 0.3) is 11.0 Å². The number of nitrogens with one attached hydrogen (secondary N) is 2. The summed E-state index contributed by atoms with van der Waals surface area (Å²) in [7, 11) is 1.91. The molecule has 0 unspecified atom stereocenters. The monoisotopic (exact) mass is 259 g/mol. The standard InChI is InChI=1S/C11H13N7O/c1-18(6-7-3-2-4-19-7)10-8-5-13-17-9(8)14-11(15-10)16-12/h2-5H,6,12H2,1H3,(H2,13,14,15,16,17). The Hall–Kier alpha value is -2.61. The van der Waals surface area contributed by atoms with E-state index < -0.39 is 0 Å². The number of aromatic nitrogens is 4. The highest BCUT2D eigenvalue weighted by Gasteiger charge is 2.13. The van der Waals surface area contributed by atoms with Gasteiger partial charge in [-0.1, -0.05) is 0 Å². The van der Waals surface area contributed by atoms with Gasteiger partial charge >= 0.3 is 0 Å². The van der Waals surface area contributed by atoms with Gasteiger partial charge in [0, 0.05) is 7.05 Å². The second kappa shape index (κ2) is 4.58. The summed E-state index contributed by atoms with van der Waals surface area (Å²) in [6, 6.07) is 3.76. The molecule has 0 bridgehead atoms. The lowest BCUT2D eigenvalue weighted by Gasteiger charge is -2.17. The highest BCUT2D eigenvalue weighted by Crippen LogP contribution is 2.23. The van der Waals surface area contributed by atoms with Crippen LogP contribution in [0.5, 0.6) is 0 Å². The Balaban J connectivity index is 2.00. The number of rotatable bonds is 4. The van der Waals surface area contributed by atoms with Crippen LogP contribution < -0.4 is 16.2 Å². The normalized spacial score (nSPS) is 10.8. The van der Waals surface area contributed by atoms with Gasteiger partial charge in [0.1, 0.15) is 11.6 Å². The van der Waals surface area contributed by atoms with E-state index in [0.29, 0.717) is 18.1 Å². The van der Waals surface area contributed by atoms with Gasteiger partial charge in [0.2, 0.25) is 5.95 Å². The first-order valence-corrected chi connectivity index (χ1v) is 5.69. The van der Waals surface area contributed by atoms with E-state index in [0.717, 1.165) is 17.0 Å². The molecule has 0 aliphatic carbocycles. The van der Waals surface area contributed by atoms with Crippen molar-refractivity contribution in [3.63, 3.8) is 0 Å². The Labute approximate surface area is 108 Å². The van der Waals surface area contributed by atoms with Crippen molar-refractivity contribution in [3.05, 3.63) is 30.4 Å². The number of H-pyrrole nitrogens is 1. The van der Waals surface area contributed by atoms with Crippen molar-refractivity contribution in [2.45, 2.75) is 6.54 Å². The third-order valence-electron chi connectivity index (χ3n) is 2.75. The van der Waals surface area contributed by atoms with Crippen LogP contribution in [0.1, 0.15) is 5.76 Å². The minimum atomic E-state index is 0.332. The summed E-state index contributed by atoms with van der Waals surface area (Å²) in [4.78, 5) is 10.5. The number of nitrogen functional groups attached to an aromatic ring is 1. The maximum absolute atomic E-state index is 5.37. The van der Waals surface area contributed by atoms with Crippen LogP contribution in [0, 0.1) is 0 Å². The number of hydrogen-bond acceptors (Lipinski definition) is 7. The Kier molecular flexibility index (Phi) is 2.76. The Bertz CT molecular complexity index is 675. The largest absolute Gasteiger partial charge is 0.467 e. The third kappa shape index (κ3) is 2.08. The van der Waals surface area contributed by atoms with Crippen LogP contribution in [0.4, 0.5) is 11.8 Å². The zero-order valence-electron chi connectivity index (χ0n) is 10.3. The van der Waals surface area contributed by atoms with Crippen molar-refractivity contribution >= 4 is 22.8 Å². The molecule has 8 heteroatoms. The van der Waals surface area contributed by atoms with Crippen molar-refractivity contribution < 1.29 is 4.42 Å². The minimum Gasteiger partial charge on any atom is -0.467 e. The summed E-state index contributed by atoms with van der Waals surface area (Å²) in [6.45, 7) is 0.592. The smallest absolute Gasteiger partial charge is 0.241 e. The van der Waals surface area contributed by atoms with Gasteiger partial charge in [0.25, 0.3) is 0 Å². The molecule has 19 heavy (non-hydrogen) atoms. The predicted octanol–water partition coefficient (Wildman–Crippen LogP) is 0.868. The summed E-state index contributed by atoms with van der Waals surface area (Å²) >= 11 is 0. The van der Waals surface area contributed by atoms with E-state index in [1.54, 1.807) is 12.5 Å². The van der Waals surface area contributed by atoms with Crippen LogP contribution >= 0.6 is 0 Å². The molecule has 0 amide bonds. The molecule has 0 saturated heterocycles. The molecule has 0 spiro atoms. The van der Waals surface area contributed by atoms with Crippen LogP contribution in [0.2, 0.25) is 0 Å². The first-order valence-electron chi connectivity index (χ1n) is 5.69. The lowest BCUT2D eigenvalue weighted by molar-refractivity contribution is 0.507. The van der Waals surface area contributed by atoms with E-state index in [1.807, 2.05) is 24.1 Å². The van der Waals surface area contributed by atoms with E-state index >= 15 is 0 Å². The Morgan fingerprint density at radius 3 is 3.11 bits per heavy atom. The highest BCUT2D eigenvalue weighted by atomic mass is 16.3. The zero-order chi connectivity index (χ0) is 13.2. The molecule has 3 rings (SSSR count). The van der Waals surface area contributed by atoms with Gasteiger partial charge in [-0.2, -0.15) is 15.1 Å². The van der Waals surface area contributed by atoms with Crippen LogP contribution in [-0.2, 0) is 6.54 Å². The number of anilines is 2. The molecule has 0 radical (unpaired) electrons. The number of hydrogen-bond donors (Lipinski definition) is 3. The van der Waals surface area contributed by atoms with Crippen LogP contribution in [0.15, 0.2) is 29.0 Å². The van der Waals surface area contributed by atoms with Gasteiger partial charge < -0.3 is 9.32 Å². The number of hydrazine groups is 1. The third-order valence-corrected chi connectivity index (χ3v) is 2.75. The second-order valence-corrected chi connectivity index (χ2v) is 4.08. The lowest BCUT2D eigenvalue weighted by atomic mass is 10.3. The van der Waals surface area contributed by atoms with Gasteiger partial charge in [-0.3, -0.25) is 10.5 Å². The van der Waals surface area contributed by atoms with E-state index in [1.165, 1.54) is 0 Å². The molecule has 3 aromatic rings. The quantitative estimate of drug-likeness (QED) is 0.471. The van der Waals surface area contributed by atoms with Crippen LogP contribution in [-0.4, -0.2) is 27.2 Å². The molecule has 3 heterocycles. The molecule has 0 aliphatic heterocycles. The molecule has 0 aromatic carbocycles. The first kappa shape index (κ1) is 11.5. The van der Waals surface area contributed by atoms with Crippen molar-refractivity contribution in [2.24, 2.45) is 5.84 Å². The minimum absolute atomic E-state index is 0.332. The summed E-state index contributed by atoms with van der Waals surface area (Å²) < 4.78 is 5.33. The van der Waals surface area contributed by atoms with Gasteiger partial charge in [0.05, 0.1) is 24.4 Å². The molecule has 0 fully saturated rings. The topological polar surface area (TPSA) is 109 Å². The molecule has 0 aliphatic rings. The highest BCUT2D eigenvalue weighted by molar-refractivity contribution is 5.87. The zero-order valence-corrected chi connectivity index (χ0v) is 10.3. The molecular weight excluding hydrogens is 246 g/mol. The first-order chi connectivity index (χ1) is 9.28. The van der Waals surface area contributed by atoms with Gasteiger partial charge in [-0.25, -0.2) is 5.84 Å². The maximum atomic E-state index is 5.37. The second-order valence-electron chi connectivity index (χ2n) is 4.08. The van der Waals surface area contributed by atoms with Crippen molar-refractivity contribution in [1.29, 1.82) is 0 Å². The molecule has 98 valence electrons. The summed E-state index contributed by atoms with van der Waals surface area (Å²) in [5.74, 6) is 7.27. The number of nitrogens with two attached hydrogens (primary N) is 1.